The van der Waals surface area contributed by atoms with Gasteiger partial charge in [0.1, 0.15) is 16.4 Å². The lowest BCUT2D eigenvalue weighted by molar-refractivity contribution is -0.384. The number of halogens is 1. The minimum Gasteiger partial charge on any atom is -0.316 e. The van der Waals surface area contributed by atoms with Crippen LogP contribution in [0.2, 0.25) is 5.02 Å². The van der Waals surface area contributed by atoms with Crippen molar-refractivity contribution in [3.63, 3.8) is 0 Å². The molecule has 1 N–H and O–H groups in total. The first-order valence-corrected chi connectivity index (χ1v) is 7.91. The van der Waals surface area contributed by atoms with Gasteiger partial charge in [-0.1, -0.05) is 17.7 Å². The first-order valence-electron chi connectivity index (χ1n) is 7.53. The smallest absolute Gasteiger partial charge is 0.288 e. The van der Waals surface area contributed by atoms with E-state index in [1.165, 1.54) is 16.5 Å². The number of nitrogens with one attached hydrogen (secondary N) is 1. The minimum absolute atomic E-state index is 0.00855. The average Bonchev–Trinajstić information content (AvgIpc) is 2.59. The summed E-state index contributed by atoms with van der Waals surface area (Å²) in [5.41, 5.74) is 0.855. The Hall–Kier alpha value is -3.26. The Morgan fingerprint density at radius 2 is 2.04 bits per heavy atom. The fraction of sp³-hybridized carbons (Fsp3) is 0.118. The van der Waals surface area contributed by atoms with Gasteiger partial charge in [-0.25, -0.2) is 4.98 Å². The van der Waals surface area contributed by atoms with Crippen molar-refractivity contribution in [3.05, 3.63) is 78.8 Å². The monoisotopic (exact) mass is 372 g/mol. The molecule has 0 atom stereocenters. The molecule has 0 unspecified atom stereocenters. The molecule has 1 aromatic carbocycles. The summed E-state index contributed by atoms with van der Waals surface area (Å²) < 4.78 is 1.34. The summed E-state index contributed by atoms with van der Waals surface area (Å²) in [6.45, 7) is 3.43. The number of fused-ring (bicyclic) bond motifs is 1. The van der Waals surface area contributed by atoms with Crippen LogP contribution in [0.3, 0.4) is 0 Å². The highest BCUT2D eigenvalue weighted by molar-refractivity contribution is 6.32. The third kappa shape index (κ3) is 3.02. The zero-order valence-corrected chi connectivity index (χ0v) is 14.6. The van der Waals surface area contributed by atoms with Crippen molar-refractivity contribution in [2.45, 2.75) is 13.8 Å². The summed E-state index contributed by atoms with van der Waals surface area (Å²) >= 11 is 5.75. The number of rotatable bonds is 3. The first-order chi connectivity index (χ1) is 12.3. The maximum absolute atomic E-state index is 12.7. The van der Waals surface area contributed by atoms with Crippen molar-refractivity contribution in [1.82, 2.24) is 9.38 Å². The summed E-state index contributed by atoms with van der Waals surface area (Å²) in [5, 5.41) is 13.4. The second-order valence-electron chi connectivity index (χ2n) is 5.64. The van der Waals surface area contributed by atoms with Gasteiger partial charge in [0, 0.05) is 17.8 Å². The molecule has 0 fully saturated rings. The molecule has 0 radical (unpaired) electrons. The predicted molar refractivity (Wildman–Crippen MR) is 97.0 cm³/mol. The van der Waals surface area contributed by atoms with Gasteiger partial charge in [-0.2, -0.15) is 0 Å². The summed E-state index contributed by atoms with van der Waals surface area (Å²) in [6.07, 6.45) is 1.56. The van der Waals surface area contributed by atoms with Crippen LogP contribution in [-0.4, -0.2) is 20.2 Å². The van der Waals surface area contributed by atoms with Gasteiger partial charge in [-0.15, -0.1) is 0 Å². The van der Waals surface area contributed by atoms with E-state index in [0.717, 1.165) is 11.6 Å². The highest BCUT2D eigenvalue weighted by Gasteiger charge is 2.19. The minimum atomic E-state index is -0.681. The molecule has 132 valence electrons. The summed E-state index contributed by atoms with van der Waals surface area (Å²) in [7, 11) is 0. The lowest BCUT2D eigenvalue weighted by Crippen LogP contribution is -2.25. The highest BCUT2D eigenvalue weighted by atomic mass is 35.5. The van der Waals surface area contributed by atoms with E-state index in [4.69, 9.17) is 11.6 Å². The molecule has 1 amide bonds. The Balaban J connectivity index is 2.04. The Morgan fingerprint density at radius 3 is 2.73 bits per heavy atom. The summed E-state index contributed by atoms with van der Waals surface area (Å²) in [4.78, 5) is 39.8. The van der Waals surface area contributed by atoms with Gasteiger partial charge >= 0.3 is 0 Å². The lowest BCUT2D eigenvalue weighted by Gasteiger charge is -2.11. The number of aromatic nitrogens is 2. The fourth-order valence-corrected chi connectivity index (χ4v) is 2.71. The third-order valence-electron chi connectivity index (χ3n) is 3.87. The van der Waals surface area contributed by atoms with Gasteiger partial charge < -0.3 is 5.32 Å². The number of carbonyl (C=O) groups is 1. The van der Waals surface area contributed by atoms with E-state index in [0.29, 0.717) is 11.3 Å². The molecular weight excluding hydrogens is 360 g/mol. The van der Waals surface area contributed by atoms with Crippen LogP contribution in [0.15, 0.2) is 41.3 Å². The number of aryl methyl sites for hydroxylation is 2. The number of amides is 1. The average molecular weight is 373 g/mol. The van der Waals surface area contributed by atoms with E-state index in [1.54, 1.807) is 19.2 Å². The number of pyridine rings is 1. The molecule has 3 aromatic rings. The van der Waals surface area contributed by atoms with Crippen molar-refractivity contribution in [1.29, 1.82) is 0 Å². The number of nitro groups is 1. The molecule has 0 aliphatic rings. The number of nitrogens with zero attached hydrogens (tertiary/aromatic N) is 3. The molecule has 0 aliphatic heterocycles. The largest absolute Gasteiger partial charge is 0.316 e. The van der Waals surface area contributed by atoms with Crippen LogP contribution < -0.4 is 10.9 Å². The van der Waals surface area contributed by atoms with Gasteiger partial charge in [0.2, 0.25) is 0 Å². The maximum atomic E-state index is 12.7. The van der Waals surface area contributed by atoms with Crippen molar-refractivity contribution >= 4 is 34.5 Å². The molecule has 9 heteroatoms. The van der Waals surface area contributed by atoms with Crippen LogP contribution in [0.1, 0.15) is 21.6 Å². The Bertz CT molecular complexity index is 1120. The van der Waals surface area contributed by atoms with Crippen molar-refractivity contribution in [3.8, 4) is 0 Å². The quantitative estimate of drug-likeness (QED) is 0.561. The molecule has 2 aromatic heterocycles. The molecule has 3 rings (SSSR count). The van der Waals surface area contributed by atoms with Gasteiger partial charge in [0.25, 0.3) is 17.2 Å². The maximum Gasteiger partial charge on any atom is 0.288 e. The van der Waals surface area contributed by atoms with Crippen LogP contribution in [0, 0.1) is 24.0 Å². The summed E-state index contributed by atoms with van der Waals surface area (Å²) in [5.74, 6) is -0.667. The van der Waals surface area contributed by atoms with Gasteiger partial charge in [0.15, 0.2) is 0 Å². The number of hydrogen-bond donors (Lipinski definition) is 1. The molecule has 0 saturated carbocycles. The lowest BCUT2D eigenvalue weighted by atomic mass is 10.2. The Morgan fingerprint density at radius 1 is 1.31 bits per heavy atom. The van der Waals surface area contributed by atoms with E-state index in [-0.39, 0.29) is 22.0 Å². The van der Waals surface area contributed by atoms with Crippen LogP contribution in [-0.2, 0) is 0 Å². The molecule has 0 spiro atoms. The van der Waals surface area contributed by atoms with E-state index >= 15 is 0 Å². The number of nitro benzene ring substituents is 1. The highest BCUT2D eigenvalue weighted by Crippen LogP contribution is 2.25. The Kier molecular flexibility index (Phi) is 4.43. The van der Waals surface area contributed by atoms with E-state index in [9.17, 15) is 19.7 Å². The molecule has 0 aliphatic carbocycles. The Labute approximate surface area is 152 Å². The molecular formula is C17H13ClN4O4. The van der Waals surface area contributed by atoms with E-state index in [2.05, 4.69) is 10.3 Å². The third-order valence-corrected chi connectivity index (χ3v) is 4.19. The molecule has 8 nitrogen and oxygen atoms in total. The number of anilines is 1. The zero-order chi connectivity index (χ0) is 19.0. The standard InChI is InChI=1S/C17H13ClN4O4/c1-9-4-3-7-21-15(9)19-10(2)14(17(21)24)20-16(23)11-5-6-12(18)13(8-11)22(25)26/h3-8H,1-2H3,(H,20,23). The second-order valence-corrected chi connectivity index (χ2v) is 6.05. The number of carbonyl (C=O) groups excluding carboxylic acids is 1. The number of hydrogen-bond acceptors (Lipinski definition) is 5. The molecule has 2 heterocycles. The first kappa shape index (κ1) is 17.6. The van der Waals surface area contributed by atoms with Crippen molar-refractivity contribution in [2.75, 3.05) is 5.32 Å². The van der Waals surface area contributed by atoms with E-state index in [1.807, 2.05) is 13.0 Å². The summed E-state index contributed by atoms with van der Waals surface area (Å²) in [6, 6.07) is 7.19. The van der Waals surface area contributed by atoms with Gasteiger partial charge in [-0.3, -0.25) is 24.1 Å². The molecule has 0 saturated heterocycles. The van der Waals surface area contributed by atoms with Crippen LogP contribution in [0.4, 0.5) is 11.4 Å². The molecule has 26 heavy (non-hydrogen) atoms. The van der Waals surface area contributed by atoms with Crippen LogP contribution in [0.25, 0.3) is 5.65 Å². The fourth-order valence-electron chi connectivity index (χ4n) is 2.53. The normalized spacial score (nSPS) is 10.7. The predicted octanol–water partition coefficient (Wildman–Crippen LogP) is 3.13. The number of benzene rings is 1. The van der Waals surface area contributed by atoms with Crippen molar-refractivity contribution in [2.24, 2.45) is 0 Å². The van der Waals surface area contributed by atoms with Gasteiger partial charge in [0.05, 0.1) is 10.6 Å². The topological polar surface area (TPSA) is 107 Å². The SMILES string of the molecule is Cc1nc2c(C)cccn2c(=O)c1NC(=O)c1ccc(Cl)c([N+](=O)[O-])c1. The molecule has 0 bridgehead atoms. The van der Waals surface area contributed by atoms with E-state index < -0.39 is 16.4 Å². The van der Waals surface area contributed by atoms with Crippen LogP contribution in [0.5, 0.6) is 0 Å². The zero-order valence-electron chi connectivity index (χ0n) is 13.8. The van der Waals surface area contributed by atoms with Crippen molar-refractivity contribution < 1.29 is 9.72 Å². The van der Waals surface area contributed by atoms with Crippen LogP contribution >= 0.6 is 11.6 Å². The van der Waals surface area contributed by atoms with Gasteiger partial charge in [-0.05, 0) is 37.6 Å². The second kappa shape index (κ2) is 6.57.